The fraction of sp³-hybridized carbons (Fsp3) is 0.412. The Bertz CT molecular complexity index is 801. The van der Waals surface area contributed by atoms with Crippen LogP contribution in [0.2, 0.25) is 5.02 Å². The van der Waals surface area contributed by atoms with Gasteiger partial charge in [0.2, 0.25) is 11.8 Å². The van der Waals surface area contributed by atoms with Crippen LogP contribution in [-0.4, -0.2) is 70.4 Å². The summed E-state index contributed by atoms with van der Waals surface area (Å²) < 4.78 is 5.28. The Morgan fingerprint density at radius 3 is 2.71 bits per heavy atom. The van der Waals surface area contributed by atoms with Crippen LogP contribution >= 0.6 is 11.6 Å². The number of β-amino-alcohol motifs (C(OH)–C–C–N with tert-alkyl or cyclic N) is 1. The van der Waals surface area contributed by atoms with E-state index >= 15 is 0 Å². The van der Waals surface area contributed by atoms with E-state index < -0.39 is 11.0 Å². The lowest BCUT2D eigenvalue weighted by molar-refractivity contribution is -0.384. The number of morpholine rings is 1. The van der Waals surface area contributed by atoms with Crippen molar-refractivity contribution in [3.8, 4) is 0 Å². The van der Waals surface area contributed by atoms with Crippen LogP contribution in [0.4, 0.5) is 23.1 Å². The monoisotopic (exact) mass is 408 g/mol. The molecular weight excluding hydrogens is 388 g/mol. The lowest BCUT2D eigenvalue weighted by atomic mass is 10.3. The van der Waals surface area contributed by atoms with Crippen molar-refractivity contribution in [2.45, 2.75) is 6.10 Å². The van der Waals surface area contributed by atoms with Gasteiger partial charge in [-0.2, -0.15) is 4.98 Å². The number of benzene rings is 1. The largest absolute Gasteiger partial charge is 0.390 e. The summed E-state index contributed by atoms with van der Waals surface area (Å²) in [6, 6.07) is 6.89. The van der Waals surface area contributed by atoms with E-state index in [0.717, 1.165) is 19.3 Å². The van der Waals surface area contributed by atoms with Crippen LogP contribution < -0.4 is 10.6 Å². The quantitative estimate of drug-likeness (QED) is 0.443. The van der Waals surface area contributed by atoms with E-state index in [2.05, 4.69) is 25.5 Å². The normalized spacial score (nSPS) is 15.8. The minimum Gasteiger partial charge on any atom is -0.390 e. The number of aliphatic hydroxyl groups is 1. The Morgan fingerprint density at radius 2 is 2.04 bits per heavy atom. The first-order valence-electron chi connectivity index (χ1n) is 8.77. The van der Waals surface area contributed by atoms with Crippen molar-refractivity contribution < 1.29 is 14.8 Å². The van der Waals surface area contributed by atoms with Gasteiger partial charge in [0, 0.05) is 36.9 Å². The molecule has 10 nitrogen and oxygen atoms in total. The van der Waals surface area contributed by atoms with Crippen LogP contribution in [0, 0.1) is 10.1 Å². The third-order valence-corrected chi connectivity index (χ3v) is 4.40. The second kappa shape index (κ2) is 9.60. The molecule has 2 heterocycles. The van der Waals surface area contributed by atoms with Gasteiger partial charge in [-0.15, -0.1) is 0 Å². The summed E-state index contributed by atoms with van der Waals surface area (Å²) in [4.78, 5) is 20.9. The van der Waals surface area contributed by atoms with Crippen molar-refractivity contribution >= 4 is 34.7 Å². The molecule has 1 unspecified atom stereocenters. The lowest BCUT2D eigenvalue weighted by Crippen LogP contribution is -2.42. The van der Waals surface area contributed by atoms with E-state index in [1.54, 1.807) is 24.3 Å². The summed E-state index contributed by atoms with van der Waals surface area (Å²) in [7, 11) is 0. The summed E-state index contributed by atoms with van der Waals surface area (Å²) in [5, 5.41) is 27.9. The zero-order chi connectivity index (χ0) is 19.9. The van der Waals surface area contributed by atoms with Crippen molar-refractivity contribution in [1.29, 1.82) is 0 Å². The highest BCUT2D eigenvalue weighted by atomic mass is 35.5. The number of hydrogen-bond donors (Lipinski definition) is 3. The Balaban J connectivity index is 1.65. The average Bonchev–Trinajstić information content (AvgIpc) is 2.69. The summed E-state index contributed by atoms with van der Waals surface area (Å²) in [5.41, 5.74) is 0.428. The highest BCUT2D eigenvalue weighted by Gasteiger charge is 2.20. The van der Waals surface area contributed by atoms with Gasteiger partial charge in [0.15, 0.2) is 0 Å². The molecule has 3 N–H and O–H groups in total. The number of nitrogens with zero attached hydrogens (tertiary/aromatic N) is 4. The predicted molar refractivity (Wildman–Crippen MR) is 105 cm³/mol. The fourth-order valence-corrected chi connectivity index (χ4v) is 2.85. The minimum absolute atomic E-state index is 0.0393. The van der Waals surface area contributed by atoms with Crippen LogP contribution in [-0.2, 0) is 4.74 Å². The smallest absolute Gasteiger partial charge is 0.329 e. The molecule has 1 aromatic carbocycles. The van der Waals surface area contributed by atoms with Crippen LogP contribution in [0.1, 0.15) is 0 Å². The number of ether oxygens (including phenoxy) is 1. The molecule has 1 atom stereocenters. The second-order valence-corrected chi connectivity index (χ2v) is 6.70. The van der Waals surface area contributed by atoms with Gasteiger partial charge in [0.05, 0.1) is 24.2 Å². The van der Waals surface area contributed by atoms with E-state index in [9.17, 15) is 15.2 Å². The van der Waals surface area contributed by atoms with Gasteiger partial charge in [-0.25, -0.2) is 4.98 Å². The number of hydrogen-bond acceptors (Lipinski definition) is 9. The first kappa shape index (κ1) is 20.2. The second-order valence-electron chi connectivity index (χ2n) is 6.26. The summed E-state index contributed by atoms with van der Waals surface area (Å²) >= 11 is 5.86. The van der Waals surface area contributed by atoms with Gasteiger partial charge in [-0.05, 0) is 24.3 Å². The summed E-state index contributed by atoms with van der Waals surface area (Å²) in [5.74, 6) is 0.232. The molecule has 0 saturated carbocycles. The summed E-state index contributed by atoms with van der Waals surface area (Å²) in [6.07, 6.45) is 0.419. The molecule has 0 spiro atoms. The number of aliphatic hydroxyl groups excluding tert-OH is 1. The van der Waals surface area contributed by atoms with Crippen LogP contribution in [0.25, 0.3) is 0 Å². The lowest BCUT2D eigenvalue weighted by Gasteiger charge is -2.28. The van der Waals surface area contributed by atoms with Gasteiger partial charge in [-0.3, -0.25) is 15.0 Å². The highest BCUT2D eigenvalue weighted by molar-refractivity contribution is 6.30. The van der Waals surface area contributed by atoms with Crippen molar-refractivity contribution in [2.75, 3.05) is 50.0 Å². The van der Waals surface area contributed by atoms with Crippen molar-refractivity contribution in [2.24, 2.45) is 0 Å². The van der Waals surface area contributed by atoms with Gasteiger partial charge in [0.25, 0.3) is 0 Å². The van der Waals surface area contributed by atoms with Crippen LogP contribution in [0.3, 0.4) is 0 Å². The number of nitrogens with one attached hydrogen (secondary N) is 2. The molecule has 1 saturated heterocycles. The topological polar surface area (TPSA) is 126 Å². The van der Waals surface area contributed by atoms with Crippen LogP contribution in [0.15, 0.2) is 30.5 Å². The van der Waals surface area contributed by atoms with Crippen LogP contribution in [0.5, 0.6) is 0 Å². The minimum atomic E-state index is -0.708. The molecule has 0 aliphatic carbocycles. The zero-order valence-corrected chi connectivity index (χ0v) is 15.8. The van der Waals surface area contributed by atoms with Gasteiger partial charge >= 0.3 is 5.69 Å². The number of anilines is 3. The molecule has 0 radical (unpaired) electrons. The maximum absolute atomic E-state index is 11.3. The van der Waals surface area contributed by atoms with Gasteiger partial charge in [0.1, 0.15) is 6.20 Å². The number of nitro groups is 1. The molecule has 150 valence electrons. The van der Waals surface area contributed by atoms with E-state index in [1.165, 1.54) is 0 Å². The summed E-state index contributed by atoms with van der Waals surface area (Å²) in [6.45, 7) is 3.34. The number of rotatable bonds is 8. The van der Waals surface area contributed by atoms with E-state index in [4.69, 9.17) is 16.3 Å². The molecule has 1 aromatic heterocycles. The molecule has 2 aromatic rings. The average molecular weight is 409 g/mol. The molecule has 0 bridgehead atoms. The zero-order valence-electron chi connectivity index (χ0n) is 15.0. The van der Waals surface area contributed by atoms with E-state index in [0.29, 0.717) is 30.5 Å². The van der Waals surface area contributed by atoms with E-state index in [-0.39, 0.29) is 24.0 Å². The molecule has 1 aliphatic rings. The Hall–Kier alpha value is -2.53. The number of halogens is 1. The maximum atomic E-state index is 11.3. The molecule has 11 heteroatoms. The van der Waals surface area contributed by atoms with Crippen molar-refractivity contribution in [3.63, 3.8) is 0 Å². The predicted octanol–water partition coefficient (Wildman–Crippen LogP) is 1.89. The Kier molecular flexibility index (Phi) is 6.93. The molecule has 3 rings (SSSR count). The van der Waals surface area contributed by atoms with Crippen molar-refractivity contribution in [1.82, 2.24) is 14.9 Å². The Labute approximate surface area is 166 Å². The third-order valence-electron chi connectivity index (χ3n) is 4.14. The molecule has 1 aliphatic heterocycles. The van der Waals surface area contributed by atoms with Gasteiger partial charge in [-0.1, -0.05) is 11.6 Å². The number of aromatic nitrogens is 2. The Morgan fingerprint density at radius 1 is 1.32 bits per heavy atom. The van der Waals surface area contributed by atoms with Gasteiger partial charge < -0.3 is 20.5 Å². The third kappa shape index (κ3) is 5.73. The molecular formula is C17H21ClN6O4. The first-order chi connectivity index (χ1) is 13.5. The standard InChI is InChI=1S/C17H21ClN6O4/c18-12-1-3-13(4-2-12)21-17-20-10-15(24(26)27)16(22-17)19-9-14(25)11-23-5-7-28-8-6-23/h1-4,10,14,25H,5-9,11H2,(H2,19,20,21,22). The molecule has 0 amide bonds. The first-order valence-corrected chi connectivity index (χ1v) is 9.15. The SMILES string of the molecule is O=[N+]([O-])c1cnc(Nc2ccc(Cl)cc2)nc1NCC(O)CN1CCOCC1. The molecule has 1 fully saturated rings. The van der Waals surface area contributed by atoms with Crippen molar-refractivity contribution in [3.05, 3.63) is 45.6 Å². The highest BCUT2D eigenvalue weighted by Crippen LogP contribution is 2.24. The van der Waals surface area contributed by atoms with E-state index in [1.807, 2.05) is 0 Å². The molecule has 28 heavy (non-hydrogen) atoms. The fourth-order valence-electron chi connectivity index (χ4n) is 2.72. The maximum Gasteiger partial charge on any atom is 0.329 e.